The number of aryl methyl sites for hydroxylation is 1. The van der Waals surface area contributed by atoms with Gasteiger partial charge in [-0.05, 0) is 18.2 Å². The van der Waals surface area contributed by atoms with Crippen LogP contribution in [0.5, 0.6) is 0 Å². The van der Waals surface area contributed by atoms with Crippen molar-refractivity contribution in [2.24, 2.45) is 0 Å². The predicted octanol–water partition coefficient (Wildman–Crippen LogP) is 2.18. The summed E-state index contributed by atoms with van der Waals surface area (Å²) in [6, 6.07) is 4.85. The highest BCUT2D eigenvalue weighted by Crippen LogP contribution is 2.26. The van der Waals surface area contributed by atoms with Crippen molar-refractivity contribution in [1.29, 1.82) is 0 Å². The van der Waals surface area contributed by atoms with Gasteiger partial charge in [0.15, 0.2) is 5.82 Å². The van der Waals surface area contributed by atoms with Gasteiger partial charge in [-0.1, -0.05) is 11.6 Å². The molecular weight excluding hydrogens is 333 g/mol. The minimum Gasteiger partial charge on any atom is -0.360 e. The minimum atomic E-state index is -3.84. The second-order valence-electron chi connectivity index (χ2n) is 4.46. The minimum absolute atomic E-state index is 0.0248. The van der Waals surface area contributed by atoms with Gasteiger partial charge >= 0.3 is 0 Å². The average molecular weight is 344 g/mol. The lowest BCUT2D eigenvalue weighted by Crippen LogP contribution is -2.13. The normalized spacial score (nSPS) is 11.9. The summed E-state index contributed by atoms with van der Waals surface area (Å²) in [6.45, 7) is -0.669. The molecule has 0 spiro atoms. The van der Waals surface area contributed by atoms with E-state index >= 15 is 0 Å². The number of halogens is 2. The Bertz CT molecular complexity index is 921. The molecule has 0 radical (unpaired) electrons. The molecule has 3 rings (SSSR count). The lowest BCUT2D eigenvalue weighted by atomic mass is 10.2. The fourth-order valence-electron chi connectivity index (χ4n) is 2.01. The van der Waals surface area contributed by atoms with Crippen molar-refractivity contribution in [1.82, 2.24) is 20.0 Å². The first kappa shape index (κ1) is 14.8. The zero-order chi connectivity index (χ0) is 15.7. The predicted molar refractivity (Wildman–Crippen MR) is 80.1 cm³/mol. The van der Waals surface area contributed by atoms with Crippen LogP contribution >= 0.6 is 11.6 Å². The first-order valence-corrected chi connectivity index (χ1v) is 8.11. The van der Waals surface area contributed by atoms with E-state index in [1.54, 1.807) is 18.2 Å². The van der Waals surface area contributed by atoms with Crippen LogP contribution in [0.3, 0.4) is 0 Å². The Balaban J connectivity index is 1.93. The Kier molecular flexibility index (Phi) is 3.75. The Morgan fingerprint density at radius 2 is 2.23 bits per heavy atom. The Hall–Kier alpha value is -2.13. The van der Waals surface area contributed by atoms with Crippen LogP contribution in [0.15, 0.2) is 35.5 Å². The Morgan fingerprint density at radius 3 is 3.00 bits per heavy atom. The number of aromatic amines is 1. The third-order valence-electron chi connectivity index (χ3n) is 2.96. The maximum atomic E-state index is 12.4. The number of sulfonamides is 1. The number of aromatic nitrogens is 4. The molecule has 7 nitrogen and oxygen atoms in total. The van der Waals surface area contributed by atoms with E-state index in [2.05, 4.69) is 19.9 Å². The molecule has 0 saturated heterocycles. The van der Waals surface area contributed by atoms with Gasteiger partial charge < -0.3 is 4.98 Å². The molecule has 0 saturated carbocycles. The summed E-state index contributed by atoms with van der Waals surface area (Å²) in [7, 11) is -3.84. The number of alkyl halides is 1. The highest BCUT2D eigenvalue weighted by atomic mass is 35.5. The molecule has 0 unspecified atom stereocenters. The van der Waals surface area contributed by atoms with E-state index in [-0.39, 0.29) is 17.3 Å². The molecule has 3 aromatic rings. The van der Waals surface area contributed by atoms with Gasteiger partial charge in [-0.3, -0.25) is 4.72 Å². The zero-order valence-corrected chi connectivity index (χ0v) is 12.7. The van der Waals surface area contributed by atoms with Crippen LogP contribution in [-0.2, 0) is 16.6 Å². The van der Waals surface area contributed by atoms with Crippen LogP contribution in [0.1, 0.15) is 0 Å². The summed E-state index contributed by atoms with van der Waals surface area (Å²) >= 11 is 5.87. The SMILES string of the molecule is O=S(=O)(Nc1cnn(CCF)n1)c1c[nH]c2cc(Cl)ccc12. The molecule has 0 atom stereocenters. The summed E-state index contributed by atoms with van der Waals surface area (Å²) in [6.07, 6.45) is 2.59. The second-order valence-corrected chi connectivity index (χ2v) is 6.55. The van der Waals surface area contributed by atoms with Crippen LogP contribution in [-0.4, -0.2) is 35.1 Å². The maximum absolute atomic E-state index is 12.4. The molecule has 10 heteroatoms. The standard InChI is InChI=1S/C12H11ClFN5O2S/c13-8-1-2-9-10(5-8)15-6-11(9)22(20,21)18-12-7-16-19(17-12)4-3-14/h1-2,5-7,15H,3-4H2,(H,17,18). The molecule has 22 heavy (non-hydrogen) atoms. The van der Waals surface area contributed by atoms with Crippen LogP contribution in [0, 0.1) is 0 Å². The molecule has 1 aromatic carbocycles. The lowest BCUT2D eigenvalue weighted by molar-refractivity contribution is 0.402. The van der Waals surface area contributed by atoms with E-state index in [0.29, 0.717) is 15.9 Å². The topological polar surface area (TPSA) is 92.7 Å². The quantitative estimate of drug-likeness (QED) is 0.742. The van der Waals surface area contributed by atoms with Crippen molar-refractivity contribution in [3.05, 3.63) is 35.6 Å². The van der Waals surface area contributed by atoms with Crippen LogP contribution in [0.25, 0.3) is 10.9 Å². The summed E-state index contributed by atoms with van der Waals surface area (Å²) in [5.74, 6) is 0.0248. The van der Waals surface area contributed by atoms with Crippen molar-refractivity contribution in [2.75, 3.05) is 11.4 Å². The Morgan fingerprint density at radius 1 is 1.41 bits per heavy atom. The van der Waals surface area contributed by atoms with Crippen molar-refractivity contribution in [2.45, 2.75) is 11.4 Å². The molecule has 0 aliphatic rings. The first-order valence-electron chi connectivity index (χ1n) is 6.25. The van der Waals surface area contributed by atoms with Crippen molar-refractivity contribution >= 4 is 38.3 Å². The van der Waals surface area contributed by atoms with E-state index in [1.165, 1.54) is 12.4 Å². The molecule has 0 aliphatic carbocycles. The van der Waals surface area contributed by atoms with Gasteiger partial charge in [-0.2, -0.15) is 9.90 Å². The number of H-pyrrole nitrogens is 1. The smallest absolute Gasteiger partial charge is 0.265 e. The van der Waals surface area contributed by atoms with Crippen molar-refractivity contribution in [3.63, 3.8) is 0 Å². The molecule has 0 bridgehead atoms. The zero-order valence-electron chi connectivity index (χ0n) is 11.1. The lowest BCUT2D eigenvalue weighted by Gasteiger charge is -2.03. The van der Waals surface area contributed by atoms with E-state index in [1.807, 2.05) is 0 Å². The van der Waals surface area contributed by atoms with Gasteiger partial charge in [0.1, 0.15) is 11.6 Å². The highest BCUT2D eigenvalue weighted by Gasteiger charge is 2.20. The van der Waals surface area contributed by atoms with E-state index in [0.717, 1.165) is 4.80 Å². The number of benzene rings is 1. The van der Waals surface area contributed by atoms with Gasteiger partial charge in [0, 0.05) is 22.1 Å². The van der Waals surface area contributed by atoms with E-state index < -0.39 is 16.7 Å². The van der Waals surface area contributed by atoms with Crippen LogP contribution in [0.4, 0.5) is 10.2 Å². The van der Waals surface area contributed by atoms with Gasteiger partial charge in [-0.15, -0.1) is 5.10 Å². The molecule has 116 valence electrons. The maximum Gasteiger partial charge on any atom is 0.265 e. The van der Waals surface area contributed by atoms with E-state index in [4.69, 9.17) is 11.6 Å². The molecule has 0 fully saturated rings. The van der Waals surface area contributed by atoms with Gasteiger partial charge in [0.2, 0.25) is 0 Å². The summed E-state index contributed by atoms with van der Waals surface area (Å²) in [5.41, 5.74) is 0.606. The summed E-state index contributed by atoms with van der Waals surface area (Å²) in [5, 5.41) is 8.60. The van der Waals surface area contributed by atoms with Gasteiger partial charge in [0.05, 0.1) is 12.7 Å². The molecular formula is C12H11ClFN5O2S. The second kappa shape index (κ2) is 5.58. The summed E-state index contributed by atoms with van der Waals surface area (Å²) < 4.78 is 39.3. The number of hydrogen-bond donors (Lipinski definition) is 2. The van der Waals surface area contributed by atoms with Gasteiger partial charge in [-0.25, -0.2) is 12.8 Å². The van der Waals surface area contributed by atoms with Crippen molar-refractivity contribution < 1.29 is 12.8 Å². The molecule has 0 aliphatic heterocycles. The van der Waals surface area contributed by atoms with Gasteiger partial charge in [0.25, 0.3) is 10.0 Å². The average Bonchev–Trinajstić information content (AvgIpc) is 3.05. The number of nitrogens with zero attached hydrogens (tertiary/aromatic N) is 3. The fraction of sp³-hybridized carbons (Fsp3) is 0.167. The molecule has 2 heterocycles. The monoisotopic (exact) mass is 343 g/mol. The third-order valence-corrected chi connectivity index (χ3v) is 4.59. The van der Waals surface area contributed by atoms with Crippen molar-refractivity contribution in [3.8, 4) is 0 Å². The number of hydrogen-bond acceptors (Lipinski definition) is 4. The number of anilines is 1. The highest BCUT2D eigenvalue weighted by molar-refractivity contribution is 7.93. The van der Waals surface area contributed by atoms with Crippen LogP contribution in [0.2, 0.25) is 5.02 Å². The Labute approximate surface area is 130 Å². The van der Waals surface area contributed by atoms with E-state index in [9.17, 15) is 12.8 Å². The largest absolute Gasteiger partial charge is 0.360 e. The fourth-order valence-corrected chi connectivity index (χ4v) is 3.35. The summed E-state index contributed by atoms with van der Waals surface area (Å²) in [4.78, 5) is 4.00. The molecule has 2 aromatic heterocycles. The third kappa shape index (κ3) is 2.77. The number of fused-ring (bicyclic) bond motifs is 1. The number of nitrogens with one attached hydrogen (secondary N) is 2. The molecule has 0 amide bonds. The van der Waals surface area contributed by atoms with Crippen LogP contribution < -0.4 is 4.72 Å². The number of rotatable bonds is 5. The molecule has 2 N–H and O–H groups in total. The first-order chi connectivity index (χ1) is 10.5.